The number of imidazole rings is 1. The smallest absolute Gasteiger partial charge is 0.259 e. The van der Waals surface area contributed by atoms with Gasteiger partial charge in [0.2, 0.25) is 5.82 Å². The lowest BCUT2D eigenvalue weighted by atomic mass is 9.94. The van der Waals surface area contributed by atoms with Crippen molar-refractivity contribution < 1.29 is 14.0 Å². The molecule has 1 aromatic carbocycles. The van der Waals surface area contributed by atoms with Crippen LogP contribution < -0.4 is 0 Å². The summed E-state index contributed by atoms with van der Waals surface area (Å²) in [4.78, 5) is 8.89. The Morgan fingerprint density at radius 1 is 1.27 bits per heavy atom. The van der Waals surface area contributed by atoms with Gasteiger partial charge in [-0.3, -0.25) is 0 Å². The van der Waals surface area contributed by atoms with Gasteiger partial charge in [0, 0.05) is 57.7 Å². The van der Waals surface area contributed by atoms with E-state index in [0.29, 0.717) is 37.8 Å². The molecule has 7 heteroatoms. The Labute approximate surface area is 152 Å². The molecule has 0 unspecified atom stereocenters. The fourth-order valence-electron chi connectivity index (χ4n) is 3.31. The van der Waals surface area contributed by atoms with Gasteiger partial charge in [-0.1, -0.05) is 23.4 Å². The first-order valence-electron chi connectivity index (χ1n) is 8.74. The van der Waals surface area contributed by atoms with Gasteiger partial charge < -0.3 is 18.6 Å². The van der Waals surface area contributed by atoms with E-state index in [2.05, 4.69) is 31.8 Å². The normalized spacial score (nSPS) is 16.7. The van der Waals surface area contributed by atoms with Gasteiger partial charge in [0.15, 0.2) is 5.60 Å². The van der Waals surface area contributed by atoms with Crippen LogP contribution in [0.2, 0.25) is 0 Å². The highest BCUT2D eigenvalue weighted by Gasteiger charge is 2.40. The summed E-state index contributed by atoms with van der Waals surface area (Å²) in [5.74, 6) is 2.08. The molecule has 1 aliphatic rings. The van der Waals surface area contributed by atoms with E-state index >= 15 is 0 Å². The monoisotopic (exact) mass is 354 g/mol. The van der Waals surface area contributed by atoms with E-state index in [1.54, 1.807) is 7.11 Å². The van der Waals surface area contributed by atoms with Crippen LogP contribution in [0.25, 0.3) is 11.4 Å². The molecule has 1 aliphatic heterocycles. The van der Waals surface area contributed by atoms with Crippen molar-refractivity contribution in [3.63, 3.8) is 0 Å². The molecule has 1 saturated heterocycles. The molecule has 0 aliphatic carbocycles. The molecule has 3 heterocycles. The average Bonchev–Trinajstić information content (AvgIpc) is 3.33. The number of aromatic nitrogens is 4. The molecule has 0 atom stereocenters. The van der Waals surface area contributed by atoms with Crippen molar-refractivity contribution in [3.05, 3.63) is 53.9 Å². The Morgan fingerprint density at radius 2 is 2.12 bits per heavy atom. The van der Waals surface area contributed by atoms with Gasteiger partial charge in [-0.2, -0.15) is 4.98 Å². The molecule has 136 valence electrons. The number of ether oxygens (including phenoxy) is 2. The molecule has 0 radical (unpaired) electrons. The SMILES string of the molecule is COC1(c2nc(-c3cccc(Cn4ccnc4C)c3)no2)CCOCC1. The number of hydrogen-bond acceptors (Lipinski definition) is 6. The lowest BCUT2D eigenvalue weighted by molar-refractivity contribution is -0.111. The van der Waals surface area contributed by atoms with Crippen LogP contribution >= 0.6 is 0 Å². The Morgan fingerprint density at radius 3 is 2.85 bits per heavy atom. The molecule has 0 N–H and O–H groups in total. The summed E-state index contributed by atoms with van der Waals surface area (Å²) in [5, 5.41) is 4.18. The molecule has 0 amide bonds. The summed E-state index contributed by atoms with van der Waals surface area (Å²) in [6.45, 7) is 4.01. The Hall–Kier alpha value is -2.51. The second kappa shape index (κ2) is 7.01. The van der Waals surface area contributed by atoms with Gasteiger partial charge in [0.05, 0.1) is 0 Å². The Bertz CT molecular complexity index is 880. The van der Waals surface area contributed by atoms with E-state index in [-0.39, 0.29) is 0 Å². The van der Waals surface area contributed by atoms with E-state index in [9.17, 15) is 0 Å². The Kier molecular flexibility index (Phi) is 4.57. The van der Waals surface area contributed by atoms with E-state index < -0.39 is 5.60 Å². The van der Waals surface area contributed by atoms with Gasteiger partial charge in [-0.15, -0.1) is 0 Å². The molecular weight excluding hydrogens is 332 g/mol. The van der Waals surface area contributed by atoms with Crippen LogP contribution in [0.15, 0.2) is 41.2 Å². The van der Waals surface area contributed by atoms with E-state index in [4.69, 9.17) is 14.0 Å². The van der Waals surface area contributed by atoms with Gasteiger partial charge in [0.25, 0.3) is 5.89 Å². The van der Waals surface area contributed by atoms with E-state index in [1.807, 2.05) is 31.5 Å². The summed E-state index contributed by atoms with van der Waals surface area (Å²) in [6.07, 6.45) is 5.21. The summed E-state index contributed by atoms with van der Waals surface area (Å²) >= 11 is 0. The zero-order valence-corrected chi connectivity index (χ0v) is 15.0. The van der Waals surface area contributed by atoms with Gasteiger partial charge >= 0.3 is 0 Å². The van der Waals surface area contributed by atoms with Crippen molar-refractivity contribution in [2.24, 2.45) is 0 Å². The molecule has 7 nitrogen and oxygen atoms in total. The molecule has 0 bridgehead atoms. The van der Waals surface area contributed by atoms with E-state index in [1.165, 1.54) is 0 Å². The molecule has 4 rings (SSSR count). The maximum absolute atomic E-state index is 5.73. The van der Waals surface area contributed by atoms with Crippen LogP contribution in [0.4, 0.5) is 0 Å². The van der Waals surface area contributed by atoms with Crippen LogP contribution in [0.3, 0.4) is 0 Å². The average molecular weight is 354 g/mol. The lowest BCUT2D eigenvalue weighted by Crippen LogP contribution is -2.35. The Balaban J connectivity index is 1.59. The molecule has 0 spiro atoms. The van der Waals surface area contributed by atoms with Crippen molar-refractivity contribution in [2.75, 3.05) is 20.3 Å². The topological polar surface area (TPSA) is 75.2 Å². The first-order valence-corrected chi connectivity index (χ1v) is 8.74. The highest BCUT2D eigenvalue weighted by atomic mass is 16.5. The zero-order valence-electron chi connectivity index (χ0n) is 15.0. The fraction of sp³-hybridized carbons (Fsp3) is 0.421. The van der Waals surface area contributed by atoms with E-state index in [0.717, 1.165) is 23.5 Å². The third kappa shape index (κ3) is 3.15. The molecular formula is C19H22N4O3. The molecule has 1 fully saturated rings. The van der Waals surface area contributed by atoms with Crippen molar-refractivity contribution in [3.8, 4) is 11.4 Å². The third-order valence-corrected chi connectivity index (χ3v) is 4.97. The first-order chi connectivity index (χ1) is 12.7. The standard InChI is InChI=1S/C19H22N4O3/c1-14-20-8-9-23(14)13-15-4-3-5-16(12-15)17-21-18(26-22-17)19(24-2)6-10-25-11-7-19/h3-5,8-9,12H,6-7,10-11,13H2,1-2H3. The van der Waals surface area contributed by atoms with Crippen LogP contribution in [0.5, 0.6) is 0 Å². The minimum atomic E-state index is -0.547. The number of benzene rings is 1. The van der Waals surface area contributed by atoms with Crippen molar-refractivity contribution >= 4 is 0 Å². The lowest BCUT2D eigenvalue weighted by Gasteiger charge is -2.32. The van der Waals surface area contributed by atoms with Gasteiger partial charge in [-0.05, 0) is 18.6 Å². The zero-order chi connectivity index (χ0) is 18.0. The first kappa shape index (κ1) is 16.9. The van der Waals surface area contributed by atoms with Crippen molar-refractivity contribution in [1.29, 1.82) is 0 Å². The number of methoxy groups -OCH3 is 1. The third-order valence-electron chi connectivity index (χ3n) is 4.97. The number of hydrogen-bond donors (Lipinski definition) is 0. The van der Waals surface area contributed by atoms with Crippen LogP contribution in [-0.2, 0) is 21.6 Å². The van der Waals surface area contributed by atoms with Crippen LogP contribution in [-0.4, -0.2) is 40.0 Å². The number of rotatable bonds is 5. The minimum Gasteiger partial charge on any atom is -0.381 e. The largest absolute Gasteiger partial charge is 0.381 e. The number of nitrogens with zero attached hydrogens (tertiary/aromatic N) is 4. The summed E-state index contributed by atoms with van der Waals surface area (Å²) in [6, 6.07) is 8.16. The molecule has 26 heavy (non-hydrogen) atoms. The predicted octanol–water partition coefficient (Wildman–Crippen LogP) is 2.94. The maximum atomic E-state index is 5.73. The molecule has 2 aromatic heterocycles. The maximum Gasteiger partial charge on any atom is 0.259 e. The van der Waals surface area contributed by atoms with Crippen LogP contribution in [0, 0.1) is 6.92 Å². The minimum absolute atomic E-state index is 0.522. The highest BCUT2D eigenvalue weighted by Crippen LogP contribution is 2.35. The fourth-order valence-corrected chi connectivity index (χ4v) is 3.31. The second-order valence-electron chi connectivity index (χ2n) is 6.54. The number of aryl methyl sites for hydroxylation is 1. The van der Waals surface area contributed by atoms with Crippen LogP contribution in [0.1, 0.15) is 30.1 Å². The van der Waals surface area contributed by atoms with Gasteiger partial charge in [0.1, 0.15) is 5.82 Å². The summed E-state index contributed by atoms with van der Waals surface area (Å²) in [5.41, 5.74) is 1.53. The summed E-state index contributed by atoms with van der Waals surface area (Å²) < 4.78 is 18.8. The van der Waals surface area contributed by atoms with Crippen molar-refractivity contribution in [2.45, 2.75) is 31.9 Å². The molecule has 3 aromatic rings. The van der Waals surface area contributed by atoms with Crippen molar-refractivity contribution in [1.82, 2.24) is 19.7 Å². The second-order valence-corrected chi connectivity index (χ2v) is 6.54. The highest BCUT2D eigenvalue weighted by molar-refractivity contribution is 5.55. The van der Waals surface area contributed by atoms with Gasteiger partial charge in [-0.25, -0.2) is 4.98 Å². The predicted molar refractivity (Wildman–Crippen MR) is 94.5 cm³/mol. The quantitative estimate of drug-likeness (QED) is 0.701. The summed E-state index contributed by atoms with van der Waals surface area (Å²) in [7, 11) is 1.68. The molecule has 0 saturated carbocycles.